The third kappa shape index (κ3) is 4.93. The van der Waals surface area contributed by atoms with Crippen LogP contribution in [0.5, 0.6) is 0 Å². The first-order valence-corrected chi connectivity index (χ1v) is 11.6. The van der Waals surface area contributed by atoms with E-state index in [-0.39, 0.29) is 24.9 Å². The fraction of sp³-hybridized carbons (Fsp3) is 0.333. The second-order valence-electron chi connectivity index (χ2n) is 7.78. The number of carbonyl (C=O) groups excluding carboxylic acids is 3. The molecule has 2 aromatic carbocycles. The molecular weight excluding hydrogens is 460 g/mol. The van der Waals surface area contributed by atoms with Gasteiger partial charge in [-0.15, -0.1) is 12.4 Å². The van der Waals surface area contributed by atoms with E-state index in [2.05, 4.69) is 23.7 Å². The van der Waals surface area contributed by atoms with Gasteiger partial charge in [0.15, 0.2) is 5.13 Å². The monoisotopic (exact) mass is 486 g/mol. The zero-order valence-electron chi connectivity index (χ0n) is 18.9. The largest absolute Gasteiger partial charge is 0.302 e. The van der Waals surface area contributed by atoms with E-state index < -0.39 is 11.8 Å². The first-order chi connectivity index (χ1) is 15.4. The summed E-state index contributed by atoms with van der Waals surface area (Å²) in [5.74, 6) is -1.17. The average molecular weight is 487 g/mol. The lowest BCUT2D eigenvalue weighted by atomic mass is 10.1. The molecule has 3 amide bonds. The number of aromatic nitrogens is 1. The van der Waals surface area contributed by atoms with Gasteiger partial charge in [-0.2, -0.15) is 0 Å². The number of thiazole rings is 1. The third-order valence-corrected chi connectivity index (χ3v) is 6.81. The third-order valence-electron chi connectivity index (χ3n) is 5.77. The average Bonchev–Trinajstić information content (AvgIpc) is 3.31. The molecule has 2 heterocycles. The Kier molecular flexibility index (Phi) is 7.84. The summed E-state index contributed by atoms with van der Waals surface area (Å²) in [7, 11) is 0. The number of hydrogen-bond acceptors (Lipinski definition) is 6. The molecule has 0 saturated heterocycles. The van der Waals surface area contributed by atoms with Crippen molar-refractivity contribution in [3.8, 4) is 0 Å². The highest BCUT2D eigenvalue weighted by Gasteiger charge is 2.37. The number of likely N-dealkylation sites (N-methyl/N-ethyl adjacent to an activating group) is 1. The van der Waals surface area contributed by atoms with Crippen LogP contribution in [0.4, 0.5) is 5.13 Å². The summed E-state index contributed by atoms with van der Waals surface area (Å²) in [6.45, 7) is 8.72. The normalized spacial score (nSPS) is 12.9. The van der Waals surface area contributed by atoms with Crippen LogP contribution >= 0.6 is 23.7 Å². The number of rotatable bonds is 8. The second kappa shape index (κ2) is 10.4. The molecule has 0 unspecified atom stereocenters. The summed E-state index contributed by atoms with van der Waals surface area (Å²) in [4.78, 5) is 48.5. The highest BCUT2D eigenvalue weighted by atomic mass is 35.5. The fourth-order valence-electron chi connectivity index (χ4n) is 3.85. The number of hydrogen-bond donors (Lipinski definition) is 0. The number of nitrogens with zero attached hydrogens (tertiary/aromatic N) is 4. The molecule has 4 rings (SSSR count). The van der Waals surface area contributed by atoms with Crippen LogP contribution in [0.1, 0.15) is 40.1 Å². The molecule has 0 radical (unpaired) electrons. The fourth-order valence-corrected chi connectivity index (χ4v) is 4.95. The van der Waals surface area contributed by atoms with E-state index in [1.165, 1.54) is 11.3 Å². The van der Waals surface area contributed by atoms with Crippen molar-refractivity contribution in [3.63, 3.8) is 0 Å². The van der Waals surface area contributed by atoms with Crippen molar-refractivity contribution in [2.24, 2.45) is 0 Å². The van der Waals surface area contributed by atoms with Crippen LogP contribution in [-0.4, -0.2) is 65.2 Å². The van der Waals surface area contributed by atoms with Crippen molar-refractivity contribution in [3.05, 3.63) is 59.2 Å². The number of amides is 3. The molecule has 0 saturated carbocycles. The SMILES string of the molecule is CCN(CC)CCN(C(=O)CN1C(=O)c2ccccc2C1=O)c1nc2ccc(C)cc2s1.Cl. The predicted octanol–water partition coefficient (Wildman–Crippen LogP) is 4.00. The molecule has 0 fully saturated rings. The van der Waals surface area contributed by atoms with Gasteiger partial charge in [0.05, 0.1) is 21.3 Å². The van der Waals surface area contributed by atoms with Crippen LogP contribution < -0.4 is 4.90 Å². The van der Waals surface area contributed by atoms with Crippen molar-refractivity contribution in [2.45, 2.75) is 20.8 Å². The smallest absolute Gasteiger partial charge is 0.262 e. The molecule has 0 bridgehead atoms. The molecule has 1 aliphatic rings. The van der Waals surface area contributed by atoms with Crippen molar-refractivity contribution < 1.29 is 14.4 Å². The lowest BCUT2D eigenvalue weighted by Crippen LogP contribution is -2.45. The molecule has 0 aliphatic carbocycles. The summed E-state index contributed by atoms with van der Waals surface area (Å²) in [6, 6.07) is 12.7. The molecule has 0 spiro atoms. The molecular formula is C24H27ClN4O3S. The van der Waals surface area contributed by atoms with Gasteiger partial charge in [0, 0.05) is 13.1 Å². The number of imide groups is 1. The lowest BCUT2D eigenvalue weighted by Gasteiger charge is -2.26. The van der Waals surface area contributed by atoms with Crippen LogP contribution in [0.3, 0.4) is 0 Å². The van der Waals surface area contributed by atoms with E-state index in [0.29, 0.717) is 29.3 Å². The van der Waals surface area contributed by atoms with Crippen molar-refractivity contribution in [1.82, 2.24) is 14.8 Å². The summed E-state index contributed by atoms with van der Waals surface area (Å²) in [6.07, 6.45) is 0. The van der Waals surface area contributed by atoms with Gasteiger partial charge < -0.3 is 4.90 Å². The maximum atomic E-state index is 13.4. The second-order valence-corrected chi connectivity index (χ2v) is 8.79. The van der Waals surface area contributed by atoms with Gasteiger partial charge in [0.2, 0.25) is 5.91 Å². The molecule has 1 aromatic heterocycles. The number of halogens is 1. The summed E-state index contributed by atoms with van der Waals surface area (Å²) in [5.41, 5.74) is 2.64. The van der Waals surface area contributed by atoms with E-state index in [4.69, 9.17) is 0 Å². The Morgan fingerprint density at radius 2 is 1.64 bits per heavy atom. The van der Waals surface area contributed by atoms with Gasteiger partial charge in [-0.3, -0.25) is 24.2 Å². The van der Waals surface area contributed by atoms with Crippen LogP contribution in [-0.2, 0) is 4.79 Å². The molecule has 0 atom stereocenters. The zero-order valence-corrected chi connectivity index (χ0v) is 20.5. The highest BCUT2D eigenvalue weighted by Crippen LogP contribution is 2.30. The van der Waals surface area contributed by atoms with Crippen LogP contribution in [0.2, 0.25) is 0 Å². The minimum absolute atomic E-state index is 0. The van der Waals surface area contributed by atoms with Gasteiger partial charge >= 0.3 is 0 Å². The number of carbonyl (C=O) groups is 3. The predicted molar refractivity (Wildman–Crippen MR) is 134 cm³/mol. The van der Waals surface area contributed by atoms with Crippen molar-refractivity contribution >= 4 is 56.8 Å². The number of aryl methyl sites for hydroxylation is 1. The van der Waals surface area contributed by atoms with Gasteiger partial charge in [0.1, 0.15) is 6.54 Å². The van der Waals surface area contributed by atoms with Crippen LogP contribution in [0.15, 0.2) is 42.5 Å². The Bertz CT molecular complexity index is 1160. The Morgan fingerprint density at radius 3 is 2.24 bits per heavy atom. The van der Waals surface area contributed by atoms with Crippen molar-refractivity contribution in [1.29, 1.82) is 0 Å². The van der Waals surface area contributed by atoms with E-state index >= 15 is 0 Å². The standard InChI is InChI=1S/C24H26N4O3S.ClH/c1-4-26(5-2)12-13-27(24-25-19-11-10-16(3)14-20(19)32-24)21(29)15-28-22(30)17-8-6-7-9-18(17)23(28)31;/h6-11,14H,4-5,12-13,15H2,1-3H3;1H. The Balaban J connectivity index is 0.00000306. The molecule has 0 N–H and O–H groups in total. The zero-order chi connectivity index (χ0) is 22.8. The molecule has 174 valence electrons. The number of anilines is 1. The van der Waals surface area contributed by atoms with E-state index in [0.717, 1.165) is 33.8 Å². The Morgan fingerprint density at radius 1 is 1.00 bits per heavy atom. The summed E-state index contributed by atoms with van der Waals surface area (Å²) in [5, 5.41) is 0.583. The van der Waals surface area contributed by atoms with Crippen LogP contribution in [0, 0.1) is 6.92 Å². The Hall–Kier alpha value is -2.81. The highest BCUT2D eigenvalue weighted by molar-refractivity contribution is 7.22. The Labute approximate surface area is 203 Å². The first-order valence-electron chi connectivity index (χ1n) is 10.8. The van der Waals surface area contributed by atoms with E-state index in [1.54, 1.807) is 29.2 Å². The number of benzene rings is 2. The summed E-state index contributed by atoms with van der Waals surface area (Å²) >= 11 is 1.45. The van der Waals surface area contributed by atoms with Gasteiger partial charge in [-0.25, -0.2) is 4.98 Å². The van der Waals surface area contributed by atoms with Gasteiger partial charge in [0.25, 0.3) is 11.8 Å². The minimum atomic E-state index is -0.428. The summed E-state index contributed by atoms with van der Waals surface area (Å²) < 4.78 is 1.00. The van der Waals surface area contributed by atoms with E-state index in [1.807, 2.05) is 25.1 Å². The maximum Gasteiger partial charge on any atom is 0.262 e. The quantitative estimate of drug-likeness (QED) is 0.450. The van der Waals surface area contributed by atoms with Gasteiger partial charge in [-0.05, 0) is 49.8 Å². The lowest BCUT2D eigenvalue weighted by molar-refractivity contribution is -0.119. The molecule has 7 nitrogen and oxygen atoms in total. The minimum Gasteiger partial charge on any atom is -0.302 e. The van der Waals surface area contributed by atoms with Gasteiger partial charge in [-0.1, -0.05) is 43.4 Å². The maximum absolute atomic E-state index is 13.4. The molecule has 9 heteroatoms. The molecule has 33 heavy (non-hydrogen) atoms. The first kappa shape index (κ1) is 24.8. The van der Waals surface area contributed by atoms with Crippen LogP contribution in [0.25, 0.3) is 10.2 Å². The van der Waals surface area contributed by atoms with E-state index in [9.17, 15) is 14.4 Å². The number of fused-ring (bicyclic) bond motifs is 2. The molecule has 1 aliphatic heterocycles. The van der Waals surface area contributed by atoms with Crippen molar-refractivity contribution in [2.75, 3.05) is 37.6 Å². The molecule has 3 aromatic rings. The topological polar surface area (TPSA) is 73.8 Å².